The van der Waals surface area contributed by atoms with Gasteiger partial charge in [-0.05, 0) is 42.5 Å². The molecule has 0 heterocycles. The first-order valence-corrected chi connectivity index (χ1v) is 9.10. The first-order valence-electron chi connectivity index (χ1n) is 7.66. The van der Waals surface area contributed by atoms with E-state index in [-0.39, 0.29) is 18.7 Å². The fraction of sp³-hybridized carbons (Fsp3) is 0.235. The van der Waals surface area contributed by atoms with Gasteiger partial charge in [0, 0.05) is 24.3 Å². The Balaban J connectivity index is 2.35. The molecule has 0 aliphatic carbocycles. The summed E-state index contributed by atoms with van der Waals surface area (Å²) in [5, 5.41) is 2.50. The average molecular weight is 368 g/mol. The highest BCUT2D eigenvalue weighted by Gasteiger charge is 2.26. The van der Waals surface area contributed by atoms with Crippen LogP contribution >= 0.6 is 0 Å². The Morgan fingerprint density at radius 3 is 2.20 bits per heavy atom. The normalized spacial score (nSPS) is 11.6. The molecular weight excluding hydrogens is 350 g/mol. The van der Waals surface area contributed by atoms with Crippen LogP contribution in [0.15, 0.2) is 47.4 Å². The van der Waals surface area contributed by atoms with Gasteiger partial charge < -0.3 is 5.32 Å². The summed E-state index contributed by atoms with van der Waals surface area (Å²) in [7, 11) is -4.04. The average Bonchev–Trinajstić information content (AvgIpc) is 2.58. The van der Waals surface area contributed by atoms with Crippen molar-refractivity contribution in [3.63, 3.8) is 0 Å². The molecule has 2 aromatic carbocycles. The van der Waals surface area contributed by atoms with E-state index in [2.05, 4.69) is 5.32 Å². The van der Waals surface area contributed by atoms with Crippen LogP contribution in [0.25, 0.3) is 0 Å². The number of anilines is 1. The molecule has 2 rings (SSSR count). The maximum atomic E-state index is 14.1. The smallest absolute Gasteiger partial charge is 0.255 e. The topological polar surface area (TPSA) is 66.5 Å². The predicted octanol–water partition coefficient (Wildman–Crippen LogP) is 3.25. The van der Waals surface area contributed by atoms with Crippen molar-refractivity contribution >= 4 is 21.6 Å². The summed E-state index contributed by atoms with van der Waals surface area (Å²) in [6.07, 6.45) is 0. The first-order chi connectivity index (χ1) is 11.8. The van der Waals surface area contributed by atoms with Crippen molar-refractivity contribution in [2.24, 2.45) is 0 Å². The van der Waals surface area contributed by atoms with E-state index < -0.39 is 32.5 Å². The number of rotatable bonds is 6. The van der Waals surface area contributed by atoms with Crippen LogP contribution in [0.3, 0.4) is 0 Å². The molecule has 134 valence electrons. The minimum Gasteiger partial charge on any atom is -0.322 e. The molecule has 0 saturated carbocycles. The molecular formula is C17H18F2N2O3S. The van der Waals surface area contributed by atoms with Crippen LogP contribution in [0, 0.1) is 11.6 Å². The molecule has 0 aliphatic heterocycles. The lowest BCUT2D eigenvalue weighted by molar-refractivity contribution is 0.102. The Hall–Kier alpha value is -2.32. The van der Waals surface area contributed by atoms with Gasteiger partial charge in [0.2, 0.25) is 10.0 Å². The summed E-state index contributed by atoms with van der Waals surface area (Å²) in [5.41, 5.74) is 0.320. The Kier molecular flexibility index (Phi) is 5.86. The van der Waals surface area contributed by atoms with Crippen LogP contribution < -0.4 is 5.32 Å². The van der Waals surface area contributed by atoms with Crippen molar-refractivity contribution in [3.05, 3.63) is 59.7 Å². The summed E-state index contributed by atoms with van der Waals surface area (Å²) in [6.45, 7) is 3.66. The standard InChI is InChI=1S/C17H18F2N2O3S/c1-3-21(4-2)25(23,24)16-11-12(5-10-15(16)19)17(22)20-14-8-6-13(18)7-9-14/h5-11H,3-4H2,1-2H3,(H,20,22). The van der Waals surface area contributed by atoms with E-state index in [1.54, 1.807) is 13.8 Å². The van der Waals surface area contributed by atoms with Crippen molar-refractivity contribution in [3.8, 4) is 0 Å². The number of amides is 1. The van der Waals surface area contributed by atoms with Gasteiger partial charge in [0.15, 0.2) is 0 Å². The minimum atomic E-state index is -4.04. The number of halogens is 2. The Morgan fingerprint density at radius 2 is 1.64 bits per heavy atom. The largest absolute Gasteiger partial charge is 0.322 e. The molecule has 0 spiro atoms. The number of sulfonamides is 1. The molecule has 0 unspecified atom stereocenters. The Bertz CT molecular complexity index is 864. The van der Waals surface area contributed by atoms with E-state index in [0.29, 0.717) is 5.69 Å². The third kappa shape index (κ3) is 4.21. The summed E-state index contributed by atoms with van der Waals surface area (Å²) in [5.74, 6) is -2.00. The van der Waals surface area contributed by atoms with Gasteiger partial charge in [0.1, 0.15) is 16.5 Å². The molecule has 0 aliphatic rings. The molecule has 0 atom stereocenters. The second-order valence-electron chi connectivity index (χ2n) is 5.20. The van der Waals surface area contributed by atoms with Gasteiger partial charge in [-0.2, -0.15) is 4.31 Å². The van der Waals surface area contributed by atoms with E-state index in [1.807, 2.05) is 0 Å². The second-order valence-corrected chi connectivity index (χ2v) is 7.10. The van der Waals surface area contributed by atoms with Crippen LogP contribution in [0.2, 0.25) is 0 Å². The molecule has 0 saturated heterocycles. The lowest BCUT2D eigenvalue weighted by Gasteiger charge is -2.19. The minimum absolute atomic E-state index is 0.0172. The van der Waals surface area contributed by atoms with Gasteiger partial charge in [0.05, 0.1) is 0 Å². The lowest BCUT2D eigenvalue weighted by atomic mass is 10.2. The highest BCUT2D eigenvalue weighted by molar-refractivity contribution is 7.89. The third-order valence-electron chi connectivity index (χ3n) is 3.62. The highest BCUT2D eigenvalue weighted by Crippen LogP contribution is 2.21. The zero-order valence-corrected chi connectivity index (χ0v) is 14.6. The van der Waals surface area contributed by atoms with Gasteiger partial charge in [-0.3, -0.25) is 4.79 Å². The first kappa shape index (κ1) is 19.0. The van der Waals surface area contributed by atoms with Crippen LogP contribution in [0.5, 0.6) is 0 Å². The van der Waals surface area contributed by atoms with Crippen LogP contribution in [-0.4, -0.2) is 31.7 Å². The zero-order chi connectivity index (χ0) is 18.6. The molecule has 2 aromatic rings. The Labute approximate surface area is 145 Å². The highest BCUT2D eigenvalue weighted by atomic mass is 32.2. The summed E-state index contributed by atoms with van der Waals surface area (Å²) < 4.78 is 53.0. The van der Waals surface area contributed by atoms with E-state index >= 15 is 0 Å². The van der Waals surface area contributed by atoms with Gasteiger partial charge in [-0.1, -0.05) is 13.8 Å². The van der Waals surface area contributed by atoms with Gasteiger partial charge >= 0.3 is 0 Å². The number of carbonyl (C=O) groups is 1. The Morgan fingerprint density at radius 1 is 1.04 bits per heavy atom. The SMILES string of the molecule is CCN(CC)S(=O)(=O)c1cc(C(=O)Nc2ccc(F)cc2)ccc1F. The van der Waals surface area contributed by atoms with Gasteiger partial charge in [0.25, 0.3) is 5.91 Å². The van der Waals surface area contributed by atoms with Crippen molar-refractivity contribution in [2.75, 3.05) is 18.4 Å². The summed E-state index contributed by atoms with van der Waals surface area (Å²) >= 11 is 0. The molecule has 0 bridgehead atoms. The number of nitrogens with one attached hydrogen (secondary N) is 1. The van der Waals surface area contributed by atoms with Gasteiger partial charge in [-0.15, -0.1) is 0 Å². The van der Waals surface area contributed by atoms with Crippen molar-refractivity contribution in [2.45, 2.75) is 18.7 Å². The van der Waals surface area contributed by atoms with Crippen molar-refractivity contribution in [1.29, 1.82) is 0 Å². The van der Waals surface area contributed by atoms with Crippen LogP contribution in [0.1, 0.15) is 24.2 Å². The summed E-state index contributed by atoms with van der Waals surface area (Å²) in [6, 6.07) is 8.22. The molecule has 0 radical (unpaired) electrons. The quantitative estimate of drug-likeness (QED) is 0.851. The lowest BCUT2D eigenvalue weighted by Crippen LogP contribution is -2.31. The van der Waals surface area contributed by atoms with E-state index in [1.165, 1.54) is 30.3 Å². The van der Waals surface area contributed by atoms with E-state index in [0.717, 1.165) is 16.4 Å². The monoisotopic (exact) mass is 368 g/mol. The molecule has 0 aromatic heterocycles. The molecule has 8 heteroatoms. The maximum Gasteiger partial charge on any atom is 0.255 e. The maximum absolute atomic E-state index is 14.1. The number of hydrogen-bond acceptors (Lipinski definition) is 3. The second kappa shape index (κ2) is 7.71. The third-order valence-corrected chi connectivity index (χ3v) is 5.68. The fourth-order valence-electron chi connectivity index (χ4n) is 2.28. The van der Waals surface area contributed by atoms with Gasteiger partial charge in [-0.25, -0.2) is 17.2 Å². The van der Waals surface area contributed by atoms with E-state index in [9.17, 15) is 22.0 Å². The van der Waals surface area contributed by atoms with E-state index in [4.69, 9.17) is 0 Å². The number of hydrogen-bond donors (Lipinski definition) is 1. The molecule has 25 heavy (non-hydrogen) atoms. The number of carbonyl (C=O) groups excluding carboxylic acids is 1. The molecule has 0 fully saturated rings. The number of benzene rings is 2. The van der Waals surface area contributed by atoms with Crippen LogP contribution in [-0.2, 0) is 10.0 Å². The fourth-order valence-corrected chi connectivity index (χ4v) is 3.83. The molecule has 1 N–H and O–H groups in total. The summed E-state index contributed by atoms with van der Waals surface area (Å²) in [4.78, 5) is 11.7. The van der Waals surface area contributed by atoms with Crippen molar-refractivity contribution in [1.82, 2.24) is 4.31 Å². The number of nitrogens with zero attached hydrogens (tertiary/aromatic N) is 1. The zero-order valence-electron chi connectivity index (χ0n) is 13.8. The predicted molar refractivity (Wildman–Crippen MR) is 90.9 cm³/mol. The molecule has 1 amide bonds. The molecule has 5 nitrogen and oxygen atoms in total. The van der Waals surface area contributed by atoms with Crippen molar-refractivity contribution < 1.29 is 22.0 Å². The van der Waals surface area contributed by atoms with Crippen LogP contribution in [0.4, 0.5) is 14.5 Å².